The van der Waals surface area contributed by atoms with Gasteiger partial charge in [0.25, 0.3) is 0 Å². The summed E-state index contributed by atoms with van der Waals surface area (Å²) in [4.78, 5) is 11.3. The fourth-order valence-corrected chi connectivity index (χ4v) is 1.34. The summed E-state index contributed by atoms with van der Waals surface area (Å²) in [7, 11) is 4.33. The standard InChI is InChI=1S/C11H15NO4/c1-14-7-4-5-9(15-2)8(6-7)10(12)11(13)16-3/h4-6,10H,12H2,1-3H3/t10-/m1/s1. The number of ether oxygens (including phenoxy) is 3. The first-order valence-corrected chi connectivity index (χ1v) is 4.69. The summed E-state index contributed by atoms with van der Waals surface area (Å²) in [5.74, 6) is 0.611. The third-order valence-corrected chi connectivity index (χ3v) is 2.23. The molecule has 0 saturated heterocycles. The van der Waals surface area contributed by atoms with Gasteiger partial charge >= 0.3 is 5.97 Å². The smallest absolute Gasteiger partial charge is 0.327 e. The highest BCUT2D eigenvalue weighted by molar-refractivity contribution is 5.78. The van der Waals surface area contributed by atoms with Crippen LogP contribution >= 0.6 is 0 Å². The highest BCUT2D eigenvalue weighted by Gasteiger charge is 2.20. The molecule has 0 aliphatic heterocycles. The van der Waals surface area contributed by atoms with Gasteiger partial charge in [-0.25, -0.2) is 0 Å². The summed E-state index contributed by atoms with van der Waals surface area (Å²) < 4.78 is 14.8. The summed E-state index contributed by atoms with van der Waals surface area (Å²) in [5, 5.41) is 0. The van der Waals surface area contributed by atoms with E-state index in [1.54, 1.807) is 18.2 Å². The zero-order chi connectivity index (χ0) is 12.1. The normalized spacial score (nSPS) is 11.8. The van der Waals surface area contributed by atoms with Gasteiger partial charge in [0.15, 0.2) is 0 Å². The van der Waals surface area contributed by atoms with Crippen LogP contribution in [0.25, 0.3) is 0 Å². The number of hydrogen-bond acceptors (Lipinski definition) is 5. The van der Waals surface area contributed by atoms with Crippen LogP contribution in [-0.2, 0) is 9.53 Å². The van der Waals surface area contributed by atoms with Crippen LogP contribution in [0.2, 0.25) is 0 Å². The van der Waals surface area contributed by atoms with Gasteiger partial charge in [0.1, 0.15) is 17.5 Å². The molecule has 0 bridgehead atoms. The quantitative estimate of drug-likeness (QED) is 0.770. The molecule has 0 fully saturated rings. The molecule has 0 heterocycles. The number of carbonyl (C=O) groups is 1. The van der Waals surface area contributed by atoms with E-state index in [1.165, 1.54) is 21.3 Å². The maximum atomic E-state index is 11.3. The van der Waals surface area contributed by atoms with Gasteiger partial charge in [0.2, 0.25) is 0 Å². The van der Waals surface area contributed by atoms with Crippen LogP contribution in [0.1, 0.15) is 11.6 Å². The van der Waals surface area contributed by atoms with E-state index in [-0.39, 0.29) is 0 Å². The monoisotopic (exact) mass is 225 g/mol. The Hall–Kier alpha value is -1.75. The lowest BCUT2D eigenvalue weighted by Crippen LogP contribution is -2.23. The molecular weight excluding hydrogens is 210 g/mol. The second kappa shape index (κ2) is 5.37. The molecule has 88 valence electrons. The molecule has 5 heteroatoms. The van der Waals surface area contributed by atoms with Gasteiger partial charge in [0, 0.05) is 5.56 Å². The van der Waals surface area contributed by atoms with Crippen molar-refractivity contribution in [2.75, 3.05) is 21.3 Å². The molecule has 0 amide bonds. The minimum absolute atomic E-state index is 0.522. The summed E-state index contributed by atoms with van der Waals surface area (Å²) in [6, 6.07) is 4.19. The average Bonchev–Trinajstić information content (AvgIpc) is 2.35. The second-order valence-corrected chi connectivity index (χ2v) is 3.11. The van der Waals surface area contributed by atoms with E-state index in [9.17, 15) is 4.79 Å². The van der Waals surface area contributed by atoms with Crippen LogP contribution in [0.5, 0.6) is 11.5 Å². The van der Waals surface area contributed by atoms with E-state index in [0.717, 1.165) is 0 Å². The van der Waals surface area contributed by atoms with Crippen molar-refractivity contribution in [3.05, 3.63) is 23.8 Å². The molecule has 0 unspecified atom stereocenters. The van der Waals surface area contributed by atoms with Crippen molar-refractivity contribution in [2.24, 2.45) is 5.73 Å². The molecule has 1 aromatic carbocycles. The second-order valence-electron chi connectivity index (χ2n) is 3.11. The maximum absolute atomic E-state index is 11.3. The Bertz CT molecular complexity index is 378. The lowest BCUT2D eigenvalue weighted by Gasteiger charge is -2.14. The Balaban J connectivity index is 3.12. The number of benzene rings is 1. The predicted molar refractivity (Wildman–Crippen MR) is 58.5 cm³/mol. The van der Waals surface area contributed by atoms with Gasteiger partial charge in [-0.05, 0) is 18.2 Å². The van der Waals surface area contributed by atoms with E-state index in [4.69, 9.17) is 15.2 Å². The minimum Gasteiger partial charge on any atom is -0.497 e. The SMILES string of the molecule is COC(=O)[C@H](N)c1cc(OC)ccc1OC. The van der Waals surface area contributed by atoms with Gasteiger partial charge in [-0.1, -0.05) is 0 Å². The molecule has 0 radical (unpaired) electrons. The number of hydrogen-bond donors (Lipinski definition) is 1. The third-order valence-electron chi connectivity index (χ3n) is 2.23. The Morgan fingerprint density at radius 2 is 1.94 bits per heavy atom. The molecule has 0 aliphatic rings. The zero-order valence-electron chi connectivity index (χ0n) is 9.52. The Kier molecular flexibility index (Phi) is 4.13. The fourth-order valence-electron chi connectivity index (χ4n) is 1.34. The molecular formula is C11H15NO4. The van der Waals surface area contributed by atoms with E-state index < -0.39 is 12.0 Å². The van der Waals surface area contributed by atoms with E-state index in [1.807, 2.05) is 0 Å². The third kappa shape index (κ3) is 2.43. The number of methoxy groups -OCH3 is 3. The summed E-state index contributed by atoms with van der Waals surface area (Å²) in [5.41, 5.74) is 6.27. The fraction of sp³-hybridized carbons (Fsp3) is 0.364. The van der Waals surface area contributed by atoms with Crippen molar-refractivity contribution >= 4 is 5.97 Å². The average molecular weight is 225 g/mol. The van der Waals surface area contributed by atoms with Gasteiger partial charge in [-0.2, -0.15) is 0 Å². The first-order valence-electron chi connectivity index (χ1n) is 4.69. The van der Waals surface area contributed by atoms with Gasteiger partial charge in [-0.3, -0.25) is 4.79 Å². The maximum Gasteiger partial charge on any atom is 0.327 e. The summed E-state index contributed by atoms with van der Waals surface area (Å²) in [6.07, 6.45) is 0. The number of carbonyl (C=O) groups excluding carboxylic acids is 1. The van der Waals surface area contributed by atoms with E-state index in [0.29, 0.717) is 17.1 Å². The number of rotatable bonds is 4. The van der Waals surface area contributed by atoms with Crippen molar-refractivity contribution in [1.82, 2.24) is 0 Å². The highest BCUT2D eigenvalue weighted by atomic mass is 16.5. The lowest BCUT2D eigenvalue weighted by molar-refractivity contribution is -0.142. The number of esters is 1. The molecule has 1 atom stereocenters. The largest absolute Gasteiger partial charge is 0.497 e. The Morgan fingerprint density at radius 1 is 1.25 bits per heavy atom. The van der Waals surface area contributed by atoms with Crippen molar-refractivity contribution in [3.8, 4) is 11.5 Å². The zero-order valence-corrected chi connectivity index (χ0v) is 9.52. The van der Waals surface area contributed by atoms with Crippen LogP contribution in [-0.4, -0.2) is 27.3 Å². The van der Waals surface area contributed by atoms with Gasteiger partial charge in [0.05, 0.1) is 21.3 Å². The molecule has 0 aliphatic carbocycles. The van der Waals surface area contributed by atoms with Crippen molar-refractivity contribution in [3.63, 3.8) is 0 Å². The molecule has 5 nitrogen and oxygen atoms in total. The van der Waals surface area contributed by atoms with Crippen LogP contribution in [0, 0.1) is 0 Å². The topological polar surface area (TPSA) is 70.8 Å². The van der Waals surface area contributed by atoms with Crippen molar-refractivity contribution < 1.29 is 19.0 Å². The van der Waals surface area contributed by atoms with E-state index >= 15 is 0 Å². The van der Waals surface area contributed by atoms with E-state index in [2.05, 4.69) is 4.74 Å². The van der Waals surface area contributed by atoms with Gasteiger partial charge < -0.3 is 19.9 Å². The van der Waals surface area contributed by atoms with Crippen molar-refractivity contribution in [1.29, 1.82) is 0 Å². The van der Waals surface area contributed by atoms with Crippen LogP contribution in [0.15, 0.2) is 18.2 Å². The Morgan fingerprint density at radius 3 is 2.44 bits per heavy atom. The first kappa shape index (κ1) is 12.3. The molecule has 2 N–H and O–H groups in total. The first-order chi connectivity index (χ1) is 7.63. The lowest BCUT2D eigenvalue weighted by atomic mass is 10.1. The van der Waals surface area contributed by atoms with Crippen LogP contribution in [0.3, 0.4) is 0 Å². The molecule has 16 heavy (non-hydrogen) atoms. The van der Waals surface area contributed by atoms with Crippen molar-refractivity contribution in [2.45, 2.75) is 6.04 Å². The minimum atomic E-state index is -0.880. The molecule has 1 rings (SSSR count). The van der Waals surface area contributed by atoms with Crippen LogP contribution < -0.4 is 15.2 Å². The molecule has 0 saturated carbocycles. The predicted octanol–water partition coefficient (Wildman–Crippen LogP) is 0.877. The number of nitrogens with two attached hydrogens (primary N) is 1. The Labute approximate surface area is 94.1 Å². The molecule has 1 aromatic rings. The summed E-state index contributed by atoms with van der Waals surface area (Å²) in [6.45, 7) is 0. The summed E-state index contributed by atoms with van der Waals surface area (Å²) >= 11 is 0. The van der Waals surface area contributed by atoms with Crippen LogP contribution in [0.4, 0.5) is 0 Å². The molecule has 0 spiro atoms. The highest BCUT2D eigenvalue weighted by Crippen LogP contribution is 2.28. The molecule has 0 aromatic heterocycles. The van der Waals surface area contributed by atoms with Gasteiger partial charge in [-0.15, -0.1) is 0 Å².